The van der Waals surface area contributed by atoms with Crippen LogP contribution < -0.4 is 4.74 Å². The van der Waals surface area contributed by atoms with Crippen molar-refractivity contribution in [2.24, 2.45) is 7.05 Å². The zero-order valence-corrected chi connectivity index (χ0v) is 16.6. The number of hydrogen-bond acceptors (Lipinski definition) is 6. The minimum Gasteiger partial charge on any atom is -0.496 e. The lowest BCUT2D eigenvalue weighted by molar-refractivity contribution is -0.389. The molecule has 0 fully saturated rings. The van der Waals surface area contributed by atoms with Crippen molar-refractivity contribution in [2.45, 2.75) is 20.4 Å². The number of aromatic nitrogens is 4. The number of nitrogens with zero attached hydrogens (tertiary/aromatic N) is 5. The fourth-order valence-corrected chi connectivity index (χ4v) is 3.12. The van der Waals surface area contributed by atoms with Gasteiger partial charge in [0.25, 0.3) is 0 Å². The Bertz CT molecular complexity index is 1110. The molecular formula is C20H21N5O4. The Morgan fingerprint density at radius 1 is 1.28 bits per heavy atom. The van der Waals surface area contributed by atoms with Gasteiger partial charge in [0.1, 0.15) is 5.75 Å². The highest BCUT2D eigenvalue weighted by Gasteiger charge is 2.15. The number of methoxy groups -OCH3 is 1. The van der Waals surface area contributed by atoms with Crippen LogP contribution in [-0.2, 0) is 13.6 Å². The Balaban J connectivity index is 1.84. The minimum atomic E-state index is -0.541. The summed E-state index contributed by atoms with van der Waals surface area (Å²) in [6, 6.07) is 6.82. The summed E-state index contributed by atoms with van der Waals surface area (Å²) >= 11 is 0. The number of carbonyl (C=O) groups excluding carboxylic acids is 1. The summed E-state index contributed by atoms with van der Waals surface area (Å²) in [5.41, 5.74) is 3.69. The van der Waals surface area contributed by atoms with Gasteiger partial charge in [-0.2, -0.15) is 9.78 Å². The summed E-state index contributed by atoms with van der Waals surface area (Å²) in [5, 5.41) is 19.0. The van der Waals surface area contributed by atoms with Crippen LogP contribution in [0.15, 0.2) is 36.5 Å². The Morgan fingerprint density at radius 2 is 2.03 bits per heavy atom. The lowest BCUT2D eigenvalue weighted by Crippen LogP contribution is -2.03. The normalized spacial score (nSPS) is 11.2. The molecule has 0 spiro atoms. The Hall–Kier alpha value is -3.75. The van der Waals surface area contributed by atoms with Crippen molar-refractivity contribution < 1.29 is 14.5 Å². The van der Waals surface area contributed by atoms with Gasteiger partial charge in [0.05, 0.1) is 42.3 Å². The first-order valence-corrected chi connectivity index (χ1v) is 8.87. The van der Waals surface area contributed by atoms with E-state index in [9.17, 15) is 14.9 Å². The van der Waals surface area contributed by atoms with Crippen LogP contribution in [0.2, 0.25) is 0 Å². The largest absolute Gasteiger partial charge is 0.496 e. The van der Waals surface area contributed by atoms with Crippen molar-refractivity contribution in [3.63, 3.8) is 0 Å². The van der Waals surface area contributed by atoms with Gasteiger partial charge in [0.2, 0.25) is 0 Å². The van der Waals surface area contributed by atoms with Crippen LogP contribution in [0.1, 0.15) is 32.9 Å². The standard InChI is InChI=1S/C20H21N5O4/c1-13-20(14(2)23(3)21-13)17(26)7-5-15-6-8-18(29-4)16(11-15)12-24-10-9-19(22-24)25(27)28/h5-11H,12H2,1-4H3/b7-5+. The highest BCUT2D eigenvalue weighted by molar-refractivity contribution is 6.08. The summed E-state index contributed by atoms with van der Waals surface area (Å²) in [4.78, 5) is 22.9. The van der Waals surface area contributed by atoms with Gasteiger partial charge in [0.15, 0.2) is 5.78 Å². The van der Waals surface area contributed by atoms with Crippen molar-refractivity contribution in [1.82, 2.24) is 19.6 Å². The smallest absolute Gasteiger partial charge is 0.389 e. The maximum Gasteiger partial charge on any atom is 0.389 e. The number of allylic oxidation sites excluding steroid dienone is 1. The van der Waals surface area contributed by atoms with Gasteiger partial charge in [-0.1, -0.05) is 12.1 Å². The first-order chi connectivity index (χ1) is 13.8. The zero-order chi connectivity index (χ0) is 21.1. The van der Waals surface area contributed by atoms with E-state index in [2.05, 4.69) is 10.2 Å². The average Bonchev–Trinajstić information content (AvgIpc) is 3.24. The lowest BCUT2D eigenvalue weighted by atomic mass is 10.1. The van der Waals surface area contributed by atoms with Crippen LogP contribution in [0.25, 0.3) is 6.08 Å². The fourth-order valence-electron chi connectivity index (χ4n) is 3.12. The third-order valence-electron chi connectivity index (χ3n) is 4.63. The second-order valence-corrected chi connectivity index (χ2v) is 6.57. The van der Waals surface area contributed by atoms with E-state index in [1.807, 2.05) is 26.0 Å². The molecule has 0 atom stereocenters. The number of benzene rings is 1. The first-order valence-electron chi connectivity index (χ1n) is 8.87. The molecule has 0 aliphatic rings. The van der Waals surface area contributed by atoms with Crippen molar-refractivity contribution in [2.75, 3.05) is 7.11 Å². The molecule has 0 unspecified atom stereocenters. The molecule has 2 aromatic heterocycles. The van der Waals surface area contributed by atoms with Gasteiger partial charge in [-0.15, -0.1) is 0 Å². The molecule has 2 heterocycles. The molecule has 150 valence electrons. The Kier molecular flexibility index (Phi) is 5.58. The maximum absolute atomic E-state index is 12.6. The van der Waals surface area contributed by atoms with E-state index in [0.717, 1.165) is 16.8 Å². The van der Waals surface area contributed by atoms with E-state index in [1.54, 1.807) is 31.0 Å². The third-order valence-corrected chi connectivity index (χ3v) is 4.63. The van der Waals surface area contributed by atoms with Crippen molar-refractivity contribution in [3.8, 4) is 5.75 Å². The third kappa shape index (κ3) is 4.23. The molecule has 0 bridgehead atoms. The monoisotopic (exact) mass is 395 g/mol. The molecule has 9 heteroatoms. The molecule has 9 nitrogen and oxygen atoms in total. The Labute approximate surface area is 167 Å². The topological polar surface area (TPSA) is 105 Å². The van der Waals surface area contributed by atoms with Crippen LogP contribution in [-0.4, -0.2) is 37.4 Å². The summed E-state index contributed by atoms with van der Waals surface area (Å²) in [6.45, 7) is 3.96. The van der Waals surface area contributed by atoms with Crippen LogP contribution in [0, 0.1) is 24.0 Å². The van der Waals surface area contributed by atoms with E-state index in [1.165, 1.54) is 23.0 Å². The quantitative estimate of drug-likeness (QED) is 0.263. The highest BCUT2D eigenvalue weighted by Crippen LogP contribution is 2.23. The lowest BCUT2D eigenvalue weighted by Gasteiger charge is -2.08. The molecule has 0 saturated heterocycles. The maximum atomic E-state index is 12.6. The second kappa shape index (κ2) is 8.09. The summed E-state index contributed by atoms with van der Waals surface area (Å²) in [6.07, 6.45) is 4.78. The van der Waals surface area contributed by atoms with Gasteiger partial charge in [0, 0.05) is 18.3 Å². The van der Waals surface area contributed by atoms with E-state index in [0.29, 0.717) is 23.6 Å². The number of hydrogen-bond donors (Lipinski definition) is 0. The van der Waals surface area contributed by atoms with Crippen LogP contribution in [0.5, 0.6) is 5.75 Å². The van der Waals surface area contributed by atoms with Gasteiger partial charge in [-0.05, 0) is 42.5 Å². The predicted octanol–water partition coefficient (Wildman–Crippen LogP) is 3.09. The molecule has 1 aromatic carbocycles. The van der Waals surface area contributed by atoms with Gasteiger partial charge in [-0.25, -0.2) is 0 Å². The minimum absolute atomic E-state index is 0.117. The molecule has 3 aromatic rings. The van der Waals surface area contributed by atoms with Crippen molar-refractivity contribution in [3.05, 3.63) is 74.7 Å². The van der Waals surface area contributed by atoms with E-state index in [-0.39, 0.29) is 11.6 Å². The molecule has 0 aliphatic heterocycles. The van der Waals surface area contributed by atoms with Gasteiger partial charge in [-0.3, -0.25) is 9.48 Å². The molecule has 0 aliphatic carbocycles. The second-order valence-electron chi connectivity index (χ2n) is 6.57. The number of ketones is 1. The van der Waals surface area contributed by atoms with Gasteiger partial charge >= 0.3 is 5.82 Å². The molecule has 0 saturated carbocycles. The predicted molar refractivity (Wildman–Crippen MR) is 107 cm³/mol. The molecule has 29 heavy (non-hydrogen) atoms. The highest BCUT2D eigenvalue weighted by atomic mass is 16.6. The Morgan fingerprint density at radius 3 is 2.62 bits per heavy atom. The zero-order valence-electron chi connectivity index (χ0n) is 16.6. The fraction of sp³-hybridized carbons (Fsp3) is 0.250. The van der Waals surface area contributed by atoms with E-state index >= 15 is 0 Å². The van der Waals surface area contributed by atoms with E-state index in [4.69, 9.17) is 4.74 Å². The molecule has 0 N–H and O–H groups in total. The summed E-state index contributed by atoms with van der Waals surface area (Å²) < 4.78 is 8.53. The number of rotatable bonds is 7. The molecule has 0 amide bonds. The first kappa shape index (κ1) is 20.0. The average molecular weight is 395 g/mol. The SMILES string of the molecule is COc1ccc(/C=C/C(=O)c2c(C)nn(C)c2C)cc1Cn1ccc([N+](=O)[O-])n1. The van der Waals surface area contributed by atoms with Crippen LogP contribution >= 0.6 is 0 Å². The molecular weight excluding hydrogens is 374 g/mol. The molecule has 0 radical (unpaired) electrons. The number of aryl methyl sites for hydroxylation is 2. The van der Waals surface area contributed by atoms with Crippen molar-refractivity contribution >= 4 is 17.7 Å². The van der Waals surface area contributed by atoms with E-state index < -0.39 is 4.92 Å². The number of nitro groups is 1. The number of carbonyl (C=O) groups is 1. The summed E-state index contributed by atoms with van der Waals surface area (Å²) in [7, 11) is 3.36. The molecule has 3 rings (SSSR count). The number of ether oxygens (including phenoxy) is 1. The summed E-state index contributed by atoms with van der Waals surface area (Å²) in [5.74, 6) is 0.298. The van der Waals surface area contributed by atoms with Crippen LogP contribution in [0.4, 0.5) is 5.82 Å². The van der Waals surface area contributed by atoms with Crippen molar-refractivity contribution in [1.29, 1.82) is 0 Å². The van der Waals surface area contributed by atoms with Gasteiger partial charge < -0.3 is 14.9 Å². The van der Waals surface area contributed by atoms with Crippen LogP contribution in [0.3, 0.4) is 0 Å².